The van der Waals surface area contributed by atoms with Gasteiger partial charge < -0.3 is 10.4 Å². The van der Waals surface area contributed by atoms with Gasteiger partial charge >= 0.3 is 5.97 Å². The molecule has 22 heavy (non-hydrogen) atoms. The highest BCUT2D eigenvalue weighted by molar-refractivity contribution is 5.77. The average molecular weight is 305 g/mol. The van der Waals surface area contributed by atoms with E-state index in [4.69, 9.17) is 5.11 Å². The van der Waals surface area contributed by atoms with Crippen molar-refractivity contribution in [2.24, 2.45) is 0 Å². The molecule has 0 aliphatic carbocycles. The lowest BCUT2D eigenvalue weighted by Gasteiger charge is -2.28. The highest BCUT2D eigenvalue weighted by Crippen LogP contribution is 2.28. The Morgan fingerprint density at radius 3 is 2.14 bits per heavy atom. The van der Waals surface area contributed by atoms with Crippen LogP contribution in [0.25, 0.3) is 0 Å². The molecule has 122 valence electrons. The molecule has 2 N–H and O–H groups in total. The number of carbonyl (C=O) groups excluding carboxylic acids is 1. The quantitative estimate of drug-likeness (QED) is 0.772. The molecule has 0 fully saturated rings. The number of amides is 1. The zero-order valence-electron chi connectivity index (χ0n) is 14.0. The second-order valence-corrected chi connectivity index (χ2v) is 7.08. The maximum absolute atomic E-state index is 12.1. The number of nitrogens with one attached hydrogen (secondary N) is 1. The molecule has 0 aromatic heterocycles. The Bertz CT molecular complexity index is 506. The average Bonchev–Trinajstić information content (AvgIpc) is 2.44. The number of carboxylic acids is 1. The van der Waals surface area contributed by atoms with Gasteiger partial charge in [0, 0.05) is 18.4 Å². The number of rotatable bonds is 8. The van der Waals surface area contributed by atoms with Gasteiger partial charge in [0.25, 0.3) is 0 Å². The monoisotopic (exact) mass is 305 g/mol. The van der Waals surface area contributed by atoms with E-state index in [0.29, 0.717) is 12.8 Å². The zero-order chi connectivity index (χ0) is 16.8. The Morgan fingerprint density at radius 1 is 1.00 bits per heavy atom. The second-order valence-electron chi connectivity index (χ2n) is 7.08. The van der Waals surface area contributed by atoms with Crippen LogP contribution in [0, 0.1) is 0 Å². The van der Waals surface area contributed by atoms with E-state index in [-0.39, 0.29) is 17.7 Å². The minimum atomic E-state index is -0.840. The summed E-state index contributed by atoms with van der Waals surface area (Å²) in [5.74, 6) is -0.869. The van der Waals surface area contributed by atoms with E-state index in [1.165, 1.54) is 5.56 Å². The van der Waals surface area contributed by atoms with Crippen molar-refractivity contribution in [2.75, 3.05) is 0 Å². The maximum Gasteiger partial charge on any atom is 0.303 e. The fourth-order valence-electron chi connectivity index (χ4n) is 2.38. The first kappa shape index (κ1) is 18.2. The molecule has 0 aliphatic heterocycles. The van der Waals surface area contributed by atoms with Crippen LogP contribution in [0.4, 0.5) is 0 Å². The van der Waals surface area contributed by atoms with E-state index in [0.717, 1.165) is 6.42 Å². The summed E-state index contributed by atoms with van der Waals surface area (Å²) in [6.07, 6.45) is 1.66. The summed E-state index contributed by atoms with van der Waals surface area (Å²) in [5, 5.41) is 11.7. The summed E-state index contributed by atoms with van der Waals surface area (Å²) >= 11 is 0. The summed E-state index contributed by atoms with van der Waals surface area (Å²) in [6, 6.07) is 10.2. The predicted octanol–water partition coefficient (Wildman–Crippen LogP) is 3.50. The highest BCUT2D eigenvalue weighted by Gasteiger charge is 2.25. The maximum atomic E-state index is 12.1. The normalized spacial score (nSPS) is 12.0. The highest BCUT2D eigenvalue weighted by atomic mass is 16.4. The summed E-state index contributed by atoms with van der Waals surface area (Å²) in [6.45, 7) is 7.97. The molecule has 0 atom stereocenters. The topological polar surface area (TPSA) is 66.4 Å². The zero-order valence-corrected chi connectivity index (χ0v) is 14.0. The van der Waals surface area contributed by atoms with E-state index < -0.39 is 11.5 Å². The van der Waals surface area contributed by atoms with Crippen molar-refractivity contribution in [1.82, 2.24) is 5.32 Å². The van der Waals surface area contributed by atoms with Gasteiger partial charge in [0.1, 0.15) is 0 Å². The molecule has 0 saturated heterocycles. The van der Waals surface area contributed by atoms with E-state index in [1.54, 1.807) is 0 Å². The first-order valence-electron chi connectivity index (χ1n) is 7.71. The Balaban J connectivity index is 2.50. The molecular weight excluding hydrogens is 278 g/mol. The van der Waals surface area contributed by atoms with Crippen molar-refractivity contribution in [3.63, 3.8) is 0 Å². The van der Waals surface area contributed by atoms with Gasteiger partial charge in [-0.2, -0.15) is 0 Å². The summed E-state index contributed by atoms with van der Waals surface area (Å²) in [5.41, 5.74) is 0.656. The molecule has 1 rings (SSSR count). The third-order valence-corrected chi connectivity index (χ3v) is 3.97. The molecule has 0 unspecified atom stereocenters. The molecule has 0 aliphatic rings. The summed E-state index contributed by atoms with van der Waals surface area (Å²) < 4.78 is 0. The van der Waals surface area contributed by atoms with Crippen LogP contribution in [0.5, 0.6) is 0 Å². The van der Waals surface area contributed by atoms with Gasteiger partial charge in [-0.25, -0.2) is 0 Å². The minimum Gasteiger partial charge on any atom is -0.481 e. The van der Waals surface area contributed by atoms with Crippen LogP contribution in [0.3, 0.4) is 0 Å². The molecule has 0 bridgehead atoms. The lowest BCUT2D eigenvalue weighted by Crippen LogP contribution is -2.44. The fourth-order valence-corrected chi connectivity index (χ4v) is 2.38. The summed E-state index contributed by atoms with van der Waals surface area (Å²) in [4.78, 5) is 22.8. The lowest BCUT2D eigenvalue weighted by atomic mass is 9.80. The lowest BCUT2D eigenvalue weighted by molar-refractivity contribution is -0.137. The molecule has 4 heteroatoms. The van der Waals surface area contributed by atoms with Crippen LogP contribution >= 0.6 is 0 Å². The third kappa shape index (κ3) is 6.29. The van der Waals surface area contributed by atoms with E-state index in [1.807, 2.05) is 32.0 Å². The van der Waals surface area contributed by atoms with Crippen molar-refractivity contribution in [2.45, 2.75) is 64.3 Å². The number of hydrogen-bond donors (Lipinski definition) is 2. The number of carbonyl (C=O) groups is 2. The van der Waals surface area contributed by atoms with Crippen LogP contribution < -0.4 is 5.32 Å². The van der Waals surface area contributed by atoms with E-state index in [2.05, 4.69) is 31.3 Å². The third-order valence-electron chi connectivity index (χ3n) is 3.97. The number of benzene rings is 1. The van der Waals surface area contributed by atoms with Gasteiger partial charge in [0.15, 0.2) is 0 Å². The van der Waals surface area contributed by atoms with Gasteiger partial charge in [0.2, 0.25) is 5.91 Å². The smallest absolute Gasteiger partial charge is 0.303 e. The fraction of sp³-hybridized carbons (Fsp3) is 0.556. The molecule has 0 spiro atoms. The van der Waals surface area contributed by atoms with Gasteiger partial charge in [0.05, 0.1) is 0 Å². The predicted molar refractivity (Wildman–Crippen MR) is 87.8 cm³/mol. The Labute approximate surface area is 132 Å². The van der Waals surface area contributed by atoms with Crippen molar-refractivity contribution in [3.8, 4) is 0 Å². The summed E-state index contributed by atoms with van der Waals surface area (Å²) in [7, 11) is 0. The Morgan fingerprint density at radius 2 is 1.59 bits per heavy atom. The van der Waals surface area contributed by atoms with Crippen LogP contribution in [-0.2, 0) is 15.0 Å². The molecule has 1 aromatic carbocycles. The first-order valence-corrected chi connectivity index (χ1v) is 7.71. The van der Waals surface area contributed by atoms with Crippen LogP contribution in [-0.4, -0.2) is 22.5 Å². The standard InChI is InChI=1S/C18H27NO3/c1-17(2,14-8-6-5-7-9-14)12-10-15(20)19-18(3,4)13-11-16(21)22/h5-9H,10-13H2,1-4H3,(H,19,20)(H,21,22). The number of aliphatic carboxylic acids is 1. The van der Waals surface area contributed by atoms with Gasteiger partial charge in [-0.15, -0.1) is 0 Å². The van der Waals surface area contributed by atoms with Crippen LogP contribution in [0.2, 0.25) is 0 Å². The Hall–Kier alpha value is -1.84. The largest absolute Gasteiger partial charge is 0.481 e. The van der Waals surface area contributed by atoms with E-state index >= 15 is 0 Å². The molecule has 0 radical (unpaired) electrons. The SMILES string of the molecule is CC(C)(CCC(=O)O)NC(=O)CCC(C)(C)c1ccccc1. The van der Waals surface area contributed by atoms with Crippen LogP contribution in [0.1, 0.15) is 58.9 Å². The number of carboxylic acid groups (broad SMARTS) is 1. The van der Waals surface area contributed by atoms with Crippen molar-refractivity contribution >= 4 is 11.9 Å². The molecule has 1 aromatic rings. The van der Waals surface area contributed by atoms with Crippen LogP contribution in [0.15, 0.2) is 30.3 Å². The van der Waals surface area contributed by atoms with Gasteiger partial charge in [-0.1, -0.05) is 44.2 Å². The molecule has 1 amide bonds. The minimum absolute atomic E-state index is 0.0283. The van der Waals surface area contributed by atoms with Crippen molar-refractivity contribution in [1.29, 1.82) is 0 Å². The van der Waals surface area contributed by atoms with Crippen molar-refractivity contribution in [3.05, 3.63) is 35.9 Å². The van der Waals surface area contributed by atoms with E-state index in [9.17, 15) is 9.59 Å². The molecule has 0 saturated carbocycles. The molecule has 4 nitrogen and oxygen atoms in total. The van der Waals surface area contributed by atoms with Gasteiger partial charge in [-0.3, -0.25) is 9.59 Å². The molecular formula is C18H27NO3. The van der Waals surface area contributed by atoms with Crippen molar-refractivity contribution < 1.29 is 14.7 Å². The molecule has 0 heterocycles. The number of hydrogen-bond acceptors (Lipinski definition) is 2. The first-order chi connectivity index (χ1) is 10.1. The van der Waals surface area contributed by atoms with Gasteiger partial charge in [-0.05, 0) is 37.7 Å². The second kappa shape index (κ2) is 7.43. The Kier molecular flexibility index (Phi) is 6.15.